The van der Waals surface area contributed by atoms with Crippen LogP contribution in [0.25, 0.3) is 10.6 Å². The number of nitrogens with zero attached hydrogens (tertiary/aromatic N) is 2. The van der Waals surface area contributed by atoms with E-state index in [9.17, 15) is 4.79 Å². The zero-order valence-electron chi connectivity index (χ0n) is 16.9. The van der Waals surface area contributed by atoms with Crippen LogP contribution in [-0.4, -0.2) is 29.5 Å². The van der Waals surface area contributed by atoms with Crippen molar-refractivity contribution in [3.05, 3.63) is 76.3 Å². The van der Waals surface area contributed by atoms with Gasteiger partial charge in [0.2, 0.25) is 5.95 Å². The summed E-state index contributed by atoms with van der Waals surface area (Å²) in [4.78, 5) is 22.9. The number of ether oxygens (including phenoxy) is 1. The van der Waals surface area contributed by atoms with Crippen molar-refractivity contribution in [3.63, 3.8) is 0 Å². The van der Waals surface area contributed by atoms with E-state index >= 15 is 0 Å². The Labute approximate surface area is 189 Å². The van der Waals surface area contributed by atoms with Crippen molar-refractivity contribution < 1.29 is 9.53 Å². The van der Waals surface area contributed by atoms with Gasteiger partial charge in [-0.15, -0.1) is 11.3 Å². The molecule has 0 atom stereocenters. The summed E-state index contributed by atoms with van der Waals surface area (Å²) in [6, 6.07) is 13.1. The van der Waals surface area contributed by atoms with Gasteiger partial charge in [0, 0.05) is 23.5 Å². The molecule has 1 amide bonds. The summed E-state index contributed by atoms with van der Waals surface area (Å²) in [6.45, 7) is 0.464. The molecule has 2 heterocycles. The van der Waals surface area contributed by atoms with Gasteiger partial charge in [0.25, 0.3) is 5.91 Å². The number of benzene rings is 1. The molecule has 0 fully saturated rings. The normalized spacial score (nSPS) is 13.2. The number of anilines is 2. The highest BCUT2D eigenvalue weighted by Crippen LogP contribution is 2.28. The first kappa shape index (κ1) is 21.1. The average molecular weight is 453 g/mol. The minimum atomic E-state index is -0.113. The molecule has 0 aliphatic heterocycles. The molecule has 0 saturated heterocycles. The van der Waals surface area contributed by atoms with Crippen molar-refractivity contribution in [2.24, 2.45) is 0 Å². The number of rotatable bonds is 7. The summed E-state index contributed by atoms with van der Waals surface area (Å²) < 4.78 is 5.17. The quantitative estimate of drug-likeness (QED) is 0.493. The Morgan fingerprint density at radius 1 is 1.19 bits per heavy atom. The molecule has 2 N–H and O–H groups in total. The summed E-state index contributed by atoms with van der Waals surface area (Å²) in [5.74, 6) is 1.15. The van der Waals surface area contributed by atoms with Gasteiger partial charge in [0.05, 0.1) is 22.6 Å². The molecule has 0 spiro atoms. The van der Waals surface area contributed by atoms with Gasteiger partial charge in [-0.1, -0.05) is 17.7 Å². The molecule has 0 saturated carbocycles. The molecule has 3 aromatic rings. The monoisotopic (exact) mass is 452 g/mol. The fraction of sp³-hybridized carbons (Fsp3) is 0.174. The number of hydrogen-bond donors (Lipinski definition) is 2. The Balaban J connectivity index is 1.41. The Morgan fingerprint density at radius 3 is 2.81 bits per heavy atom. The van der Waals surface area contributed by atoms with Crippen LogP contribution < -0.4 is 15.4 Å². The second kappa shape index (κ2) is 9.76. The first-order valence-corrected chi connectivity index (χ1v) is 11.0. The van der Waals surface area contributed by atoms with Crippen molar-refractivity contribution in [3.8, 4) is 16.3 Å². The standard InChI is InChI=1S/C23H21ClN4O2S/c1-30-18-7-5-17(6-8-18)27-23-25-12-11-19(28-23)20-9-10-21(31-20)22(29)26-14-15-3-2-4-16(24)13-15/h3,5-13H,2,4,14H2,1H3,(H,26,29)(H,25,27,28). The van der Waals surface area contributed by atoms with E-state index in [1.54, 1.807) is 13.3 Å². The largest absolute Gasteiger partial charge is 0.497 e. The van der Waals surface area contributed by atoms with Gasteiger partial charge >= 0.3 is 0 Å². The molecule has 6 nitrogen and oxygen atoms in total. The van der Waals surface area contributed by atoms with Crippen molar-refractivity contribution in [2.75, 3.05) is 19.0 Å². The van der Waals surface area contributed by atoms with Crippen LogP contribution in [0.15, 0.2) is 71.4 Å². The van der Waals surface area contributed by atoms with Crippen molar-refractivity contribution in [1.82, 2.24) is 15.3 Å². The number of thiophene rings is 1. The fourth-order valence-electron chi connectivity index (χ4n) is 3.08. The first-order valence-electron chi connectivity index (χ1n) is 9.78. The number of allylic oxidation sites excluding steroid dienone is 2. The third kappa shape index (κ3) is 5.51. The van der Waals surface area contributed by atoms with E-state index in [2.05, 4.69) is 26.7 Å². The van der Waals surface area contributed by atoms with E-state index in [1.807, 2.05) is 48.5 Å². The summed E-state index contributed by atoms with van der Waals surface area (Å²) >= 11 is 7.47. The maximum atomic E-state index is 12.5. The Hall–Kier alpha value is -3.16. The molecule has 158 valence electrons. The zero-order chi connectivity index (χ0) is 21.6. The fourth-order valence-corrected chi connectivity index (χ4v) is 4.22. The number of carbonyl (C=O) groups is 1. The molecule has 1 aliphatic rings. The second-order valence-electron chi connectivity index (χ2n) is 6.87. The van der Waals surface area contributed by atoms with E-state index in [4.69, 9.17) is 16.3 Å². The van der Waals surface area contributed by atoms with Gasteiger partial charge in [0.1, 0.15) is 5.75 Å². The zero-order valence-corrected chi connectivity index (χ0v) is 18.5. The van der Waals surface area contributed by atoms with Crippen LogP contribution in [0.3, 0.4) is 0 Å². The molecule has 1 aromatic carbocycles. The van der Waals surface area contributed by atoms with Crippen LogP contribution in [-0.2, 0) is 0 Å². The van der Waals surface area contributed by atoms with E-state index < -0.39 is 0 Å². The molecular weight excluding hydrogens is 432 g/mol. The number of methoxy groups -OCH3 is 1. The highest BCUT2D eigenvalue weighted by Gasteiger charge is 2.13. The summed E-state index contributed by atoms with van der Waals surface area (Å²) in [5.41, 5.74) is 2.64. The molecule has 4 rings (SSSR count). The lowest BCUT2D eigenvalue weighted by Gasteiger charge is -2.10. The maximum Gasteiger partial charge on any atom is 0.261 e. The molecular formula is C23H21ClN4O2S. The average Bonchev–Trinajstić information content (AvgIpc) is 3.29. The van der Waals surface area contributed by atoms with Crippen LogP contribution in [0.5, 0.6) is 5.75 Å². The highest BCUT2D eigenvalue weighted by molar-refractivity contribution is 7.17. The molecule has 8 heteroatoms. The predicted octanol–water partition coefficient (Wildman–Crippen LogP) is 5.53. The number of amides is 1. The van der Waals surface area contributed by atoms with Crippen LogP contribution in [0.2, 0.25) is 0 Å². The number of halogens is 1. The van der Waals surface area contributed by atoms with Gasteiger partial charge in [-0.3, -0.25) is 4.79 Å². The third-order valence-electron chi connectivity index (χ3n) is 4.67. The van der Waals surface area contributed by atoms with E-state index in [1.165, 1.54) is 11.3 Å². The number of aromatic nitrogens is 2. The third-order valence-corrected chi connectivity index (χ3v) is 6.07. The number of nitrogens with one attached hydrogen (secondary N) is 2. The molecule has 0 radical (unpaired) electrons. The Kier molecular flexibility index (Phi) is 6.64. The first-order chi connectivity index (χ1) is 15.1. The van der Waals surface area contributed by atoms with Crippen LogP contribution in [0, 0.1) is 0 Å². The number of carbonyl (C=O) groups excluding carboxylic acids is 1. The molecule has 31 heavy (non-hydrogen) atoms. The smallest absolute Gasteiger partial charge is 0.261 e. The lowest BCUT2D eigenvalue weighted by Crippen LogP contribution is -2.24. The van der Waals surface area contributed by atoms with Crippen molar-refractivity contribution in [1.29, 1.82) is 0 Å². The lowest BCUT2D eigenvalue weighted by atomic mass is 10.1. The SMILES string of the molecule is COc1ccc(Nc2nccc(-c3ccc(C(=O)NCC4=CCCC(Cl)=C4)s3)n2)cc1. The number of hydrogen-bond acceptors (Lipinski definition) is 6. The van der Waals surface area contributed by atoms with E-state index in [0.29, 0.717) is 17.4 Å². The van der Waals surface area contributed by atoms with Crippen LogP contribution >= 0.6 is 22.9 Å². The second-order valence-corrected chi connectivity index (χ2v) is 8.44. The van der Waals surface area contributed by atoms with Crippen LogP contribution in [0.4, 0.5) is 11.6 Å². The lowest BCUT2D eigenvalue weighted by molar-refractivity contribution is 0.0961. The Bertz CT molecular complexity index is 1140. The Morgan fingerprint density at radius 2 is 2.03 bits per heavy atom. The molecule has 1 aliphatic carbocycles. The molecule has 2 aromatic heterocycles. The van der Waals surface area contributed by atoms with Crippen molar-refractivity contribution in [2.45, 2.75) is 12.8 Å². The molecule has 0 unspecified atom stereocenters. The van der Waals surface area contributed by atoms with Crippen molar-refractivity contribution >= 4 is 40.5 Å². The molecule has 0 bridgehead atoms. The topological polar surface area (TPSA) is 76.1 Å². The van der Waals surface area contributed by atoms with Gasteiger partial charge in [0.15, 0.2) is 0 Å². The van der Waals surface area contributed by atoms with Gasteiger partial charge in [-0.25, -0.2) is 9.97 Å². The summed E-state index contributed by atoms with van der Waals surface area (Å²) in [6.07, 6.45) is 7.48. The predicted molar refractivity (Wildman–Crippen MR) is 125 cm³/mol. The maximum absolute atomic E-state index is 12.5. The van der Waals surface area contributed by atoms with E-state index in [-0.39, 0.29) is 5.91 Å². The minimum absolute atomic E-state index is 0.113. The van der Waals surface area contributed by atoms with E-state index in [0.717, 1.165) is 45.5 Å². The van der Waals surface area contributed by atoms with Gasteiger partial charge in [-0.2, -0.15) is 0 Å². The van der Waals surface area contributed by atoms with Gasteiger partial charge < -0.3 is 15.4 Å². The van der Waals surface area contributed by atoms with Crippen LogP contribution in [0.1, 0.15) is 22.5 Å². The van der Waals surface area contributed by atoms with Gasteiger partial charge in [-0.05, 0) is 67.0 Å². The summed E-state index contributed by atoms with van der Waals surface area (Å²) in [7, 11) is 1.63. The summed E-state index contributed by atoms with van der Waals surface area (Å²) in [5, 5.41) is 6.96. The minimum Gasteiger partial charge on any atom is -0.497 e. The highest BCUT2D eigenvalue weighted by atomic mass is 35.5.